The Balaban J connectivity index is 1.79. The Morgan fingerprint density at radius 1 is 1.41 bits per heavy atom. The van der Waals surface area contributed by atoms with Crippen LogP contribution < -0.4 is 5.32 Å². The third-order valence-corrected chi connectivity index (χ3v) is 4.54. The van der Waals surface area contributed by atoms with E-state index >= 15 is 0 Å². The summed E-state index contributed by atoms with van der Waals surface area (Å²) in [5, 5.41) is 14.3. The Labute approximate surface area is 108 Å². The second kappa shape index (κ2) is 6.18. The molecule has 0 aliphatic heterocycles. The third kappa shape index (κ3) is 3.83. The molecule has 1 heterocycles. The van der Waals surface area contributed by atoms with Gasteiger partial charge in [0, 0.05) is 22.8 Å². The highest BCUT2D eigenvalue weighted by Crippen LogP contribution is 2.23. The van der Waals surface area contributed by atoms with E-state index in [1.807, 2.05) is 11.4 Å². The van der Waals surface area contributed by atoms with E-state index in [4.69, 9.17) is 5.26 Å². The van der Waals surface area contributed by atoms with E-state index in [0.29, 0.717) is 6.04 Å². The molecule has 1 fully saturated rings. The van der Waals surface area contributed by atoms with Crippen LogP contribution in [-0.2, 0) is 6.54 Å². The Hall–Kier alpha value is -0.850. The summed E-state index contributed by atoms with van der Waals surface area (Å²) in [4.78, 5) is 1.28. The molecule has 2 atom stereocenters. The maximum absolute atomic E-state index is 8.77. The van der Waals surface area contributed by atoms with E-state index in [9.17, 15) is 0 Å². The molecule has 92 valence electrons. The lowest BCUT2D eigenvalue weighted by Gasteiger charge is -2.15. The molecule has 1 aliphatic carbocycles. The van der Waals surface area contributed by atoms with Crippen molar-refractivity contribution in [1.29, 1.82) is 5.26 Å². The molecule has 17 heavy (non-hydrogen) atoms. The van der Waals surface area contributed by atoms with Crippen LogP contribution in [-0.4, -0.2) is 6.04 Å². The lowest BCUT2D eigenvalue weighted by atomic mass is 10.0. The molecule has 1 N–H and O–H groups in total. The van der Waals surface area contributed by atoms with Gasteiger partial charge in [0.2, 0.25) is 0 Å². The standard InChI is InChI=1S/C14H20N2S/c1-11-3-2-4-13(6-5-11)16-9-14-7-12(8-15)10-17-14/h7,10-11,13,16H,2-6,9H2,1H3. The number of hydrogen-bond donors (Lipinski definition) is 1. The van der Waals surface area contributed by atoms with Crippen molar-refractivity contribution in [1.82, 2.24) is 5.32 Å². The lowest BCUT2D eigenvalue weighted by molar-refractivity contribution is 0.449. The van der Waals surface area contributed by atoms with Gasteiger partial charge in [0.1, 0.15) is 6.07 Å². The van der Waals surface area contributed by atoms with Gasteiger partial charge in [-0.25, -0.2) is 0 Å². The first-order valence-electron chi connectivity index (χ1n) is 6.49. The SMILES string of the molecule is CC1CCCC(NCc2cc(C#N)cs2)CC1. The van der Waals surface area contributed by atoms with Crippen molar-refractivity contribution >= 4 is 11.3 Å². The van der Waals surface area contributed by atoms with Crippen LogP contribution in [0.1, 0.15) is 49.5 Å². The first-order valence-corrected chi connectivity index (χ1v) is 7.37. The molecule has 0 bridgehead atoms. The van der Waals surface area contributed by atoms with E-state index in [1.54, 1.807) is 11.3 Å². The Morgan fingerprint density at radius 2 is 2.29 bits per heavy atom. The van der Waals surface area contributed by atoms with Gasteiger partial charge in [0.25, 0.3) is 0 Å². The zero-order chi connectivity index (χ0) is 12.1. The molecule has 2 unspecified atom stereocenters. The minimum Gasteiger partial charge on any atom is -0.309 e. The summed E-state index contributed by atoms with van der Waals surface area (Å²) in [6.45, 7) is 3.28. The second-order valence-corrected chi connectivity index (χ2v) is 6.10. The van der Waals surface area contributed by atoms with Gasteiger partial charge in [0.15, 0.2) is 0 Å². The van der Waals surface area contributed by atoms with Gasteiger partial charge in [0.05, 0.1) is 5.56 Å². The summed E-state index contributed by atoms with van der Waals surface area (Å²) in [5.74, 6) is 0.897. The molecular weight excluding hydrogens is 228 g/mol. The van der Waals surface area contributed by atoms with E-state index in [1.165, 1.54) is 37.0 Å². The molecule has 0 radical (unpaired) electrons. The molecule has 0 spiro atoms. The molecule has 3 heteroatoms. The number of nitrogens with zero attached hydrogens (tertiary/aromatic N) is 1. The van der Waals surface area contributed by atoms with Crippen LogP contribution in [0, 0.1) is 17.2 Å². The summed E-state index contributed by atoms with van der Waals surface area (Å²) >= 11 is 1.68. The maximum atomic E-state index is 8.77. The lowest BCUT2D eigenvalue weighted by Crippen LogP contribution is -2.27. The monoisotopic (exact) mass is 248 g/mol. The Bertz CT molecular complexity index is 391. The average Bonchev–Trinajstić information content (AvgIpc) is 2.70. The van der Waals surface area contributed by atoms with Crippen LogP contribution in [0.2, 0.25) is 0 Å². The molecule has 1 aromatic heterocycles. The van der Waals surface area contributed by atoms with Gasteiger partial charge in [-0.1, -0.05) is 19.8 Å². The van der Waals surface area contributed by atoms with Crippen molar-refractivity contribution in [2.45, 2.75) is 51.6 Å². The van der Waals surface area contributed by atoms with Gasteiger partial charge in [-0.05, 0) is 31.2 Å². The largest absolute Gasteiger partial charge is 0.309 e. The van der Waals surface area contributed by atoms with Crippen molar-refractivity contribution in [2.75, 3.05) is 0 Å². The number of nitriles is 1. The Kier molecular flexibility index (Phi) is 4.58. The highest BCUT2D eigenvalue weighted by Gasteiger charge is 2.15. The zero-order valence-electron chi connectivity index (χ0n) is 10.4. The second-order valence-electron chi connectivity index (χ2n) is 5.10. The van der Waals surface area contributed by atoms with Gasteiger partial charge >= 0.3 is 0 Å². The molecule has 1 saturated carbocycles. The molecule has 1 aliphatic rings. The predicted octanol–water partition coefficient (Wildman–Crippen LogP) is 3.68. The summed E-state index contributed by atoms with van der Waals surface area (Å²) in [5.41, 5.74) is 0.793. The highest BCUT2D eigenvalue weighted by molar-refractivity contribution is 7.10. The van der Waals surface area contributed by atoms with E-state index in [-0.39, 0.29) is 0 Å². The quantitative estimate of drug-likeness (QED) is 0.828. The van der Waals surface area contributed by atoms with Gasteiger partial charge < -0.3 is 5.32 Å². The summed E-state index contributed by atoms with van der Waals surface area (Å²) < 4.78 is 0. The fraction of sp³-hybridized carbons (Fsp3) is 0.643. The average molecular weight is 248 g/mol. The highest BCUT2D eigenvalue weighted by atomic mass is 32.1. The third-order valence-electron chi connectivity index (χ3n) is 3.61. The summed E-state index contributed by atoms with van der Waals surface area (Å²) in [6.07, 6.45) is 6.70. The maximum Gasteiger partial charge on any atom is 0.100 e. The van der Waals surface area contributed by atoms with Crippen molar-refractivity contribution in [3.63, 3.8) is 0 Å². The van der Waals surface area contributed by atoms with E-state index in [0.717, 1.165) is 18.0 Å². The zero-order valence-corrected chi connectivity index (χ0v) is 11.2. The normalized spacial score (nSPS) is 25.2. The van der Waals surface area contributed by atoms with Crippen molar-refractivity contribution in [3.8, 4) is 6.07 Å². The first-order chi connectivity index (χ1) is 8.28. The van der Waals surface area contributed by atoms with Crippen LogP contribution in [0.4, 0.5) is 0 Å². The number of thiophene rings is 1. The minimum absolute atomic E-state index is 0.674. The van der Waals surface area contributed by atoms with E-state index in [2.05, 4.69) is 18.3 Å². The van der Waals surface area contributed by atoms with Crippen LogP contribution in [0.25, 0.3) is 0 Å². The van der Waals surface area contributed by atoms with Crippen LogP contribution >= 0.6 is 11.3 Å². The van der Waals surface area contributed by atoms with Crippen molar-refractivity contribution in [2.24, 2.45) is 5.92 Å². The fourth-order valence-corrected chi connectivity index (χ4v) is 3.23. The number of nitrogens with one attached hydrogen (secondary N) is 1. The van der Waals surface area contributed by atoms with Crippen LogP contribution in [0.15, 0.2) is 11.4 Å². The molecule has 0 amide bonds. The Morgan fingerprint density at radius 3 is 3.06 bits per heavy atom. The summed E-state index contributed by atoms with van der Waals surface area (Å²) in [6, 6.07) is 4.85. The van der Waals surface area contributed by atoms with Gasteiger partial charge in [-0.15, -0.1) is 11.3 Å². The number of hydrogen-bond acceptors (Lipinski definition) is 3. The predicted molar refractivity (Wildman–Crippen MR) is 71.9 cm³/mol. The molecule has 2 nitrogen and oxygen atoms in total. The molecule has 0 saturated heterocycles. The smallest absolute Gasteiger partial charge is 0.100 e. The van der Waals surface area contributed by atoms with Gasteiger partial charge in [-0.3, -0.25) is 0 Å². The molecule has 2 rings (SSSR count). The van der Waals surface area contributed by atoms with E-state index < -0.39 is 0 Å². The number of rotatable bonds is 3. The van der Waals surface area contributed by atoms with Gasteiger partial charge in [-0.2, -0.15) is 5.26 Å². The molecule has 1 aromatic rings. The fourth-order valence-electron chi connectivity index (χ4n) is 2.47. The topological polar surface area (TPSA) is 35.8 Å². The summed E-state index contributed by atoms with van der Waals surface area (Å²) in [7, 11) is 0. The van der Waals surface area contributed by atoms with Crippen LogP contribution in [0.3, 0.4) is 0 Å². The van der Waals surface area contributed by atoms with Crippen molar-refractivity contribution in [3.05, 3.63) is 21.9 Å². The molecular formula is C14H20N2S. The van der Waals surface area contributed by atoms with Crippen molar-refractivity contribution < 1.29 is 0 Å². The first kappa shape index (κ1) is 12.6. The van der Waals surface area contributed by atoms with Crippen LogP contribution in [0.5, 0.6) is 0 Å². The minimum atomic E-state index is 0.674. The molecule has 0 aromatic carbocycles.